The zero-order chi connectivity index (χ0) is 14.9. The summed E-state index contributed by atoms with van der Waals surface area (Å²) >= 11 is 5.15. The Balaban J connectivity index is 2.26. The summed E-state index contributed by atoms with van der Waals surface area (Å²) in [6.07, 6.45) is 3.66. The van der Waals surface area contributed by atoms with Gasteiger partial charge in [-0.05, 0) is 56.6 Å². The molecule has 1 aromatic rings. The van der Waals surface area contributed by atoms with E-state index < -0.39 is 0 Å². The van der Waals surface area contributed by atoms with Crippen molar-refractivity contribution in [2.24, 2.45) is 17.6 Å². The second kappa shape index (κ2) is 6.08. The van der Waals surface area contributed by atoms with Crippen LogP contribution in [0.15, 0.2) is 6.07 Å². The maximum Gasteiger partial charge on any atom is 0.224 e. The molecule has 20 heavy (non-hydrogen) atoms. The lowest BCUT2D eigenvalue weighted by Gasteiger charge is -2.32. The van der Waals surface area contributed by atoms with E-state index in [0.29, 0.717) is 22.7 Å². The maximum absolute atomic E-state index is 6.17. The standard InChI is InChI=1S/C16H24N2OS/c1-9-5-10(2)7-13(6-9)19-16-14(15(17)20)11(3)8-12(4)18-16/h8-10,13H,5-7H2,1-4H3,(H2,17,20). The van der Waals surface area contributed by atoms with Crippen LogP contribution in [0.5, 0.6) is 5.88 Å². The number of ether oxygens (including phenoxy) is 1. The van der Waals surface area contributed by atoms with Crippen LogP contribution in [-0.2, 0) is 0 Å². The molecule has 0 amide bonds. The third-order valence-corrected chi connectivity index (χ3v) is 4.18. The van der Waals surface area contributed by atoms with Crippen LogP contribution in [0.4, 0.5) is 0 Å². The minimum absolute atomic E-state index is 0.218. The van der Waals surface area contributed by atoms with Crippen molar-refractivity contribution in [3.63, 3.8) is 0 Å². The predicted molar refractivity (Wildman–Crippen MR) is 86.2 cm³/mol. The molecule has 2 atom stereocenters. The summed E-state index contributed by atoms with van der Waals surface area (Å²) in [4.78, 5) is 4.87. The van der Waals surface area contributed by atoms with Gasteiger partial charge in [-0.15, -0.1) is 0 Å². The molecule has 2 unspecified atom stereocenters. The zero-order valence-electron chi connectivity index (χ0n) is 12.8. The van der Waals surface area contributed by atoms with Gasteiger partial charge in [-0.1, -0.05) is 26.1 Å². The molecule has 2 rings (SSSR count). The third-order valence-electron chi connectivity index (χ3n) is 3.97. The molecule has 0 saturated heterocycles. The van der Waals surface area contributed by atoms with E-state index in [-0.39, 0.29) is 6.10 Å². The number of pyridine rings is 1. The summed E-state index contributed by atoms with van der Waals surface area (Å²) in [6, 6.07) is 1.99. The highest BCUT2D eigenvalue weighted by molar-refractivity contribution is 7.80. The van der Waals surface area contributed by atoms with Gasteiger partial charge in [0.25, 0.3) is 0 Å². The summed E-state index contributed by atoms with van der Waals surface area (Å²) < 4.78 is 6.17. The van der Waals surface area contributed by atoms with Gasteiger partial charge in [0, 0.05) is 5.69 Å². The average molecular weight is 292 g/mol. The quantitative estimate of drug-likeness (QED) is 0.866. The van der Waals surface area contributed by atoms with Crippen molar-refractivity contribution in [1.82, 2.24) is 4.98 Å². The molecule has 1 aliphatic rings. The summed E-state index contributed by atoms with van der Waals surface area (Å²) in [5.41, 5.74) is 8.60. The van der Waals surface area contributed by atoms with Crippen LogP contribution < -0.4 is 10.5 Å². The Morgan fingerprint density at radius 2 is 1.85 bits per heavy atom. The van der Waals surface area contributed by atoms with Gasteiger partial charge >= 0.3 is 0 Å². The summed E-state index contributed by atoms with van der Waals surface area (Å²) in [7, 11) is 0. The van der Waals surface area contributed by atoms with Crippen LogP contribution in [0.2, 0.25) is 0 Å². The number of hydrogen-bond acceptors (Lipinski definition) is 3. The molecular formula is C16H24N2OS. The number of nitrogens with two attached hydrogens (primary N) is 1. The van der Waals surface area contributed by atoms with E-state index in [2.05, 4.69) is 18.8 Å². The van der Waals surface area contributed by atoms with Crippen molar-refractivity contribution in [3.8, 4) is 5.88 Å². The SMILES string of the molecule is Cc1cc(C)c(C(N)=S)c(OC2CC(C)CC(C)C2)n1. The second-order valence-electron chi connectivity index (χ2n) is 6.28. The lowest BCUT2D eigenvalue weighted by molar-refractivity contribution is 0.0963. The Labute approximate surface area is 126 Å². The molecule has 4 heteroatoms. The Kier molecular flexibility index (Phi) is 4.63. The molecule has 1 heterocycles. The van der Waals surface area contributed by atoms with Crippen LogP contribution in [0.3, 0.4) is 0 Å². The minimum Gasteiger partial charge on any atom is -0.474 e. The smallest absolute Gasteiger partial charge is 0.224 e. The molecule has 2 N–H and O–H groups in total. The number of aryl methyl sites for hydroxylation is 2. The Morgan fingerprint density at radius 1 is 1.25 bits per heavy atom. The number of rotatable bonds is 3. The van der Waals surface area contributed by atoms with Gasteiger partial charge in [0.15, 0.2) is 0 Å². The monoisotopic (exact) mass is 292 g/mol. The second-order valence-corrected chi connectivity index (χ2v) is 6.72. The molecule has 110 valence electrons. The first-order valence-corrected chi connectivity index (χ1v) is 7.72. The van der Waals surface area contributed by atoms with Gasteiger partial charge in [0.2, 0.25) is 5.88 Å². The lowest BCUT2D eigenvalue weighted by atomic mass is 9.82. The van der Waals surface area contributed by atoms with E-state index in [9.17, 15) is 0 Å². The number of aromatic nitrogens is 1. The van der Waals surface area contributed by atoms with Gasteiger partial charge in [-0.3, -0.25) is 0 Å². The van der Waals surface area contributed by atoms with Crippen molar-refractivity contribution >= 4 is 17.2 Å². The van der Waals surface area contributed by atoms with Crippen LogP contribution in [0, 0.1) is 25.7 Å². The zero-order valence-corrected chi connectivity index (χ0v) is 13.6. The fourth-order valence-electron chi connectivity index (χ4n) is 3.31. The fourth-order valence-corrected chi connectivity index (χ4v) is 3.56. The Morgan fingerprint density at radius 3 is 2.40 bits per heavy atom. The minimum atomic E-state index is 0.218. The normalized spacial score (nSPS) is 26.3. The highest BCUT2D eigenvalue weighted by Gasteiger charge is 2.27. The van der Waals surface area contributed by atoms with Gasteiger partial charge in [0.05, 0.1) is 5.56 Å². The van der Waals surface area contributed by atoms with E-state index in [1.54, 1.807) is 0 Å². The first kappa shape index (κ1) is 15.2. The third kappa shape index (κ3) is 3.48. The van der Waals surface area contributed by atoms with E-state index >= 15 is 0 Å². The molecule has 1 saturated carbocycles. The van der Waals surface area contributed by atoms with Crippen molar-refractivity contribution in [3.05, 3.63) is 22.9 Å². The Hall–Kier alpha value is -1.16. The molecule has 0 radical (unpaired) electrons. The van der Waals surface area contributed by atoms with Crippen LogP contribution in [0.1, 0.15) is 49.9 Å². The number of thiocarbonyl (C=S) groups is 1. The van der Waals surface area contributed by atoms with Crippen molar-refractivity contribution in [2.75, 3.05) is 0 Å². The van der Waals surface area contributed by atoms with Gasteiger partial charge < -0.3 is 10.5 Å². The van der Waals surface area contributed by atoms with E-state index in [1.807, 2.05) is 19.9 Å². The largest absolute Gasteiger partial charge is 0.474 e. The fraction of sp³-hybridized carbons (Fsp3) is 0.625. The van der Waals surface area contributed by atoms with Gasteiger partial charge in [0.1, 0.15) is 11.1 Å². The first-order chi connectivity index (χ1) is 9.36. The average Bonchev–Trinajstić information content (AvgIpc) is 2.25. The number of nitrogens with zero attached hydrogens (tertiary/aromatic N) is 1. The van der Waals surface area contributed by atoms with Crippen LogP contribution >= 0.6 is 12.2 Å². The summed E-state index contributed by atoms with van der Waals surface area (Å²) in [5, 5.41) is 0. The van der Waals surface area contributed by atoms with Gasteiger partial charge in [-0.25, -0.2) is 4.98 Å². The first-order valence-electron chi connectivity index (χ1n) is 7.31. The Bertz CT molecular complexity index is 505. The van der Waals surface area contributed by atoms with Crippen molar-refractivity contribution in [2.45, 2.75) is 53.1 Å². The van der Waals surface area contributed by atoms with Crippen molar-refractivity contribution < 1.29 is 4.74 Å². The lowest BCUT2D eigenvalue weighted by Crippen LogP contribution is -2.30. The summed E-state index contributed by atoms with van der Waals surface area (Å²) in [5.74, 6) is 2.01. The molecule has 1 fully saturated rings. The van der Waals surface area contributed by atoms with Crippen LogP contribution in [0.25, 0.3) is 0 Å². The molecule has 1 aromatic heterocycles. The summed E-state index contributed by atoms with van der Waals surface area (Å²) in [6.45, 7) is 8.54. The molecule has 0 bridgehead atoms. The van der Waals surface area contributed by atoms with Crippen LogP contribution in [-0.4, -0.2) is 16.1 Å². The molecular weight excluding hydrogens is 268 g/mol. The predicted octanol–water partition coefficient (Wildman–Crippen LogP) is 3.54. The topological polar surface area (TPSA) is 48.1 Å². The van der Waals surface area contributed by atoms with E-state index in [4.69, 9.17) is 22.7 Å². The van der Waals surface area contributed by atoms with Crippen molar-refractivity contribution in [1.29, 1.82) is 0 Å². The number of hydrogen-bond donors (Lipinski definition) is 1. The van der Waals surface area contributed by atoms with Gasteiger partial charge in [-0.2, -0.15) is 0 Å². The maximum atomic E-state index is 6.17. The molecule has 0 aliphatic heterocycles. The molecule has 0 aromatic carbocycles. The highest BCUT2D eigenvalue weighted by Crippen LogP contribution is 2.32. The van der Waals surface area contributed by atoms with E-state index in [1.165, 1.54) is 6.42 Å². The molecule has 1 aliphatic carbocycles. The molecule has 0 spiro atoms. The van der Waals surface area contributed by atoms with E-state index in [0.717, 1.165) is 29.7 Å². The molecule has 3 nitrogen and oxygen atoms in total. The highest BCUT2D eigenvalue weighted by atomic mass is 32.1.